The Kier molecular flexibility index (Phi) is 8.74. The molecule has 0 saturated heterocycles. The van der Waals surface area contributed by atoms with Crippen molar-refractivity contribution in [1.29, 1.82) is 0 Å². The van der Waals surface area contributed by atoms with E-state index in [4.69, 9.17) is 0 Å². The predicted molar refractivity (Wildman–Crippen MR) is 156 cm³/mol. The van der Waals surface area contributed by atoms with Gasteiger partial charge in [0.05, 0.1) is 11.6 Å². The second-order valence-electron chi connectivity index (χ2n) is 10.6. The van der Waals surface area contributed by atoms with Gasteiger partial charge in [0.2, 0.25) is 11.8 Å². The van der Waals surface area contributed by atoms with Gasteiger partial charge >= 0.3 is 0 Å². The van der Waals surface area contributed by atoms with Crippen LogP contribution >= 0.6 is 0 Å². The molecule has 1 fully saturated rings. The molecular weight excluding hydrogens is 484 g/mol. The van der Waals surface area contributed by atoms with Crippen LogP contribution in [0.1, 0.15) is 42.4 Å². The predicted octanol–water partition coefficient (Wildman–Crippen LogP) is 4.70. The van der Waals surface area contributed by atoms with Crippen molar-refractivity contribution in [3.63, 3.8) is 0 Å². The number of carbonyl (C=O) groups is 2. The van der Waals surface area contributed by atoms with Crippen LogP contribution in [0.5, 0.6) is 0 Å². The van der Waals surface area contributed by atoms with Crippen LogP contribution in [0.25, 0.3) is 10.9 Å². The van der Waals surface area contributed by atoms with Crippen LogP contribution in [-0.2, 0) is 28.9 Å². The van der Waals surface area contributed by atoms with Crippen LogP contribution in [0.3, 0.4) is 0 Å². The number of aromatic nitrogens is 1. The van der Waals surface area contributed by atoms with Gasteiger partial charge in [0, 0.05) is 30.2 Å². The number of aromatic amines is 1. The fourth-order valence-corrected chi connectivity index (χ4v) is 5.45. The zero-order chi connectivity index (χ0) is 26.9. The molecule has 4 aromatic rings. The number of carbonyl (C=O) groups excluding carboxylic acids is 2. The van der Waals surface area contributed by atoms with Gasteiger partial charge in [-0.3, -0.25) is 14.9 Å². The van der Waals surface area contributed by atoms with Crippen LogP contribution in [0.4, 0.5) is 0 Å². The Hall–Kier alpha value is -3.90. The molecule has 6 nitrogen and oxygen atoms in total. The Bertz CT molecular complexity index is 1360. The first kappa shape index (κ1) is 26.7. The number of fused-ring (bicyclic) bond motifs is 1. The molecule has 1 aliphatic carbocycles. The van der Waals surface area contributed by atoms with E-state index in [1.807, 2.05) is 66.9 Å². The molecule has 1 aliphatic rings. The van der Waals surface area contributed by atoms with Crippen molar-refractivity contribution in [2.45, 2.75) is 56.5 Å². The van der Waals surface area contributed by atoms with Gasteiger partial charge in [-0.2, -0.15) is 0 Å². The standard InChI is InChI=1S/C33H38N4O2/c38-31(34-21-9-15-25-11-3-1-4-12-25)30(23-26-13-5-2-6-14-26)37-33(19-10-20-33)32(39)35-22-18-27-24-36-29-17-8-7-16-28(27)29/h1-8,11-14,16-17,24,30,36-37H,9-10,15,18-23H2,(H,34,38)(H,35,39)/t30-/m0/s1. The number of hydrogen-bond donors (Lipinski definition) is 4. The first-order chi connectivity index (χ1) is 19.1. The third kappa shape index (κ3) is 6.76. The zero-order valence-electron chi connectivity index (χ0n) is 22.4. The van der Waals surface area contributed by atoms with Gasteiger partial charge in [-0.1, -0.05) is 78.9 Å². The molecular formula is C33H38N4O2. The summed E-state index contributed by atoms with van der Waals surface area (Å²) < 4.78 is 0. The first-order valence-electron chi connectivity index (χ1n) is 14.1. The summed E-state index contributed by atoms with van der Waals surface area (Å²) >= 11 is 0. The van der Waals surface area contributed by atoms with Gasteiger partial charge in [-0.25, -0.2) is 0 Å². The van der Waals surface area contributed by atoms with Crippen molar-refractivity contribution >= 4 is 22.7 Å². The van der Waals surface area contributed by atoms with Crippen LogP contribution in [0, 0.1) is 0 Å². The van der Waals surface area contributed by atoms with E-state index in [2.05, 4.69) is 45.2 Å². The Labute approximate surface area is 230 Å². The third-order valence-electron chi connectivity index (χ3n) is 7.83. The molecule has 3 aromatic carbocycles. The molecule has 0 bridgehead atoms. The van der Waals surface area contributed by atoms with Gasteiger partial charge in [0.1, 0.15) is 0 Å². The first-order valence-corrected chi connectivity index (χ1v) is 14.1. The van der Waals surface area contributed by atoms with Gasteiger partial charge < -0.3 is 15.6 Å². The highest BCUT2D eigenvalue weighted by atomic mass is 16.2. The van der Waals surface area contributed by atoms with Crippen LogP contribution in [-0.4, -0.2) is 41.5 Å². The molecule has 4 N–H and O–H groups in total. The maximum Gasteiger partial charge on any atom is 0.240 e. The number of para-hydroxylation sites is 1. The summed E-state index contributed by atoms with van der Waals surface area (Å²) in [6, 6.07) is 28.1. The molecule has 5 rings (SSSR count). The lowest BCUT2D eigenvalue weighted by Gasteiger charge is -2.43. The summed E-state index contributed by atoms with van der Waals surface area (Å²) in [5.41, 5.74) is 3.93. The summed E-state index contributed by atoms with van der Waals surface area (Å²) in [4.78, 5) is 30.1. The van der Waals surface area contributed by atoms with Gasteiger partial charge in [-0.05, 0) is 67.7 Å². The number of hydrogen-bond acceptors (Lipinski definition) is 3. The number of amides is 2. The Morgan fingerprint density at radius 3 is 2.21 bits per heavy atom. The zero-order valence-corrected chi connectivity index (χ0v) is 22.4. The van der Waals surface area contributed by atoms with Crippen molar-refractivity contribution in [1.82, 2.24) is 20.9 Å². The minimum Gasteiger partial charge on any atom is -0.361 e. The maximum atomic E-state index is 13.5. The number of rotatable bonds is 13. The van der Waals surface area contributed by atoms with Gasteiger partial charge in [0.15, 0.2) is 0 Å². The minimum absolute atomic E-state index is 0.0106. The molecule has 0 radical (unpaired) electrons. The van der Waals surface area contributed by atoms with Gasteiger partial charge in [-0.15, -0.1) is 0 Å². The molecule has 2 amide bonds. The van der Waals surface area contributed by atoms with Gasteiger partial charge in [0.25, 0.3) is 0 Å². The van der Waals surface area contributed by atoms with E-state index in [0.29, 0.717) is 19.5 Å². The number of H-pyrrole nitrogens is 1. The molecule has 1 aromatic heterocycles. The highest BCUT2D eigenvalue weighted by Crippen LogP contribution is 2.33. The lowest BCUT2D eigenvalue weighted by molar-refractivity contribution is -0.133. The summed E-state index contributed by atoms with van der Waals surface area (Å²) in [5.74, 6) is -0.0617. The molecule has 202 valence electrons. The second kappa shape index (κ2) is 12.8. The quantitative estimate of drug-likeness (QED) is 0.192. The monoisotopic (exact) mass is 522 g/mol. The Balaban J connectivity index is 1.19. The molecule has 1 atom stereocenters. The van der Waals surface area contributed by atoms with Crippen molar-refractivity contribution in [2.24, 2.45) is 0 Å². The van der Waals surface area contributed by atoms with Crippen LogP contribution < -0.4 is 16.0 Å². The van der Waals surface area contributed by atoms with Crippen LogP contribution in [0.15, 0.2) is 91.1 Å². The van der Waals surface area contributed by atoms with Crippen molar-refractivity contribution in [3.05, 3.63) is 108 Å². The molecule has 39 heavy (non-hydrogen) atoms. The normalized spacial score (nSPS) is 14.9. The second-order valence-corrected chi connectivity index (χ2v) is 10.6. The van der Waals surface area contributed by atoms with E-state index in [0.717, 1.165) is 49.6 Å². The molecule has 1 heterocycles. The minimum atomic E-state index is -0.707. The smallest absolute Gasteiger partial charge is 0.240 e. The van der Waals surface area contributed by atoms with E-state index >= 15 is 0 Å². The number of nitrogens with one attached hydrogen (secondary N) is 4. The highest BCUT2D eigenvalue weighted by Gasteiger charge is 2.46. The lowest BCUT2D eigenvalue weighted by atomic mass is 9.75. The Morgan fingerprint density at radius 2 is 1.49 bits per heavy atom. The maximum absolute atomic E-state index is 13.5. The average molecular weight is 523 g/mol. The molecule has 1 saturated carbocycles. The van der Waals surface area contributed by atoms with Crippen LogP contribution in [0.2, 0.25) is 0 Å². The number of benzene rings is 3. The molecule has 0 unspecified atom stereocenters. The summed E-state index contributed by atoms with van der Waals surface area (Å²) in [6.45, 7) is 1.16. The largest absolute Gasteiger partial charge is 0.361 e. The van der Waals surface area contributed by atoms with Crippen molar-refractivity contribution < 1.29 is 9.59 Å². The molecule has 0 aliphatic heterocycles. The summed E-state index contributed by atoms with van der Waals surface area (Å²) in [5, 5.41) is 11.0. The Morgan fingerprint density at radius 1 is 0.795 bits per heavy atom. The fraction of sp³-hybridized carbons (Fsp3) is 0.333. The summed E-state index contributed by atoms with van der Waals surface area (Å²) in [7, 11) is 0. The fourth-order valence-electron chi connectivity index (χ4n) is 5.45. The van der Waals surface area contributed by atoms with Crippen molar-refractivity contribution in [3.8, 4) is 0 Å². The number of aryl methyl sites for hydroxylation is 1. The van der Waals surface area contributed by atoms with Crippen molar-refractivity contribution in [2.75, 3.05) is 13.1 Å². The highest BCUT2D eigenvalue weighted by molar-refractivity contribution is 5.89. The van der Waals surface area contributed by atoms with E-state index < -0.39 is 11.6 Å². The van der Waals surface area contributed by atoms with E-state index in [9.17, 15) is 9.59 Å². The molecule has 0 spiro atoms. The third-order valence-corrected chi connectivity index (χ3v) is 7.83. The summed E-state index contributed by atoms with van der Waals surface area (Å²) in [6.07, 6.45) is 7.54. The van der Waals surface area contributed by atoms with E-state index in [1.165, 1.54) is 16.5 Å². The topological polar surface area (TPSA) is 86.0 Å². The average Bonchev–Trinajstić information content (AvgIpc) is 3.36. The SMILES string of the molecule is O=C(NCCCc1ccccc1)[C@H](Cc1ccccc1)NC1(C(=O)NCCc2c[nH]c3ccccc23)CCC1. The van der Waals surface area contributed by atoms with E-state index in [1.54, 1.807) is 0 Å². The molecule has 6 heteroatoms. The lowest BCUT2D eigenvalue weighted by Crippen LogP contribution is -2.66. The van der Waals surface area contributed by atoms with E-state index in [-0.39, 0.29) is 11.8 Å².